The van der Waals surface area contributed by atoms with Gasteiger partial charge in [0, 0.05) is 6.92 Å². The molecule has 0 bridgehead atoms. The molecular formula is C14H21NO14S. The lowest BCUT2D eigenvalue weighted by molar-refractivity contribution is -0.243. The number of hydrogen-bond donors (Lipinski definition) is 7. The maximum Gasteiger partial charge on any atom is 0.397 e. The number of carboxylic acids is 1. The first kappa shape index (κ1) is 25.9. The minimum absolute atomic E-state index is 0.0607. The first-order valence-corrected chi connectivity index (χ1v) is 9.47. The summed E-state index contributed by atoms with van der Waals surface area (Å²) < 4.78 is 45.3. The lowest BCUT2D eigenvalue weighted by Crippen LogP contribution is -2.58. The van der Waals surface area contributed by atoms with Crippen molar-refractivity contribution in [2.75, 3.05) is 6.61 Å². The van der Waals surface area contributed by atoms with Crippen LogP contribution in [-0.4, -0.2) is 106 Å². The van der Waals surface area contributed by atoms with Gasteiger partial charge in [-0.25, -0.2) is 8.98 Å². The number of aliphatic hydroxyl groups excluding tert-OH is 4. The molecule has 0 aromatic heterocycles. The molecule has 172 valence electrons. The third-order valence-electron chi connectivity index (χ3n) is 3.69. The lowest BCUT2D eigenvalue weighted by Gasteiger charge is -2.37. The Labute approximate surface area is 169 Å². The monoisotopic (exact) mass is 459 g/mol. The van der Waals surface area contributed by atoms with Crippen molar-refractivity contribution in [2.24, 2.45) is 0 Å². The summed E-state index contributed by atoms with van der Waals surface area (Å²) in [5, 5.41) is 49.9. The van der Waals surface area contributed by atoms with Gasteiger partial charge >= 0.3 is 16.4 Å². The van der Waals surface area contributed by atoms with E-state index in [1.807, 2.05) is 5.32 Å². The van der Waals surface area contributed by atoms with E-state index in [-0.39, 0.29) is 6.29 Å². The summed E-state index contributed by atoms with van der Waals surface area (Å²) in [6, 6.07) is -1.72. The quantitative estimate of drug-likeness (QED) is 0.114. The predicted molar refractivity (Wildman–Crippen MR) is 90.7 cm³/mol. The van der Waals surface area contributed by atoms with Gasteiger partial charge in [0.05, 0.1) is 6.61 Å². The minimum atomic E-state index is -5.24. The summed E-state index contributed by atoms with van der Waals surface area (Å²) in [7, 11) is -5.24. The van der Waals surface area contributed by atoms with E-state index in [4.69, 9.17) is 24.2 Å². The van der Waals surface area contributed by atoms with Crippen LogP contribution in [0.2, 0.25) is 0 Å². The molecule has 0 aliphatic carbocycles. The number of carbonyl (C=O) groups excluding carboxylic acids is 2. The molecule has 0 spiro atoms. The highest BCUT2D eigenvalue weighted by Crippen LogP contribution is 2.26. The van der Waals surface area contributed by atoms with Crippen LogP contribution in [-0.2, 0) is 38.4 Å². The van der Waals surface area contributed by atoms with E-state index in [1.54, 1.807) is 0 Å². The van der Waals surface area contributed by atoms with Crippen molar-refractivity contribution in [3.63, 3.8) is 0 Å². The Hall–Kier alpha value is -2.18. The van der Waals surface area contributed by atoms with Gasteiger partial charge in [-0.2, -0.15) is 8.42 Å². The maximum absolute atomic E-state index is 11.4. The smallest absolute Gasteiger partial charge is 0.397 e. The molecule has 1 aliphatic rings. The van der Waals surface area contributed by atoms with Gasteiger partial charge in [-0.3, -0.25) is 9.35 Å². The zero-order valence-electron chi connectivity index (χ0n) is 15.3. The molecule has 1 heterocycles. The highest BCUT2D eigenvalue weighted by Gasteiger charge is 2.45. The summed E-state index contributed by atoms with van der Waals surface area (Å²) >= 11 is 0. The number of carboxylic acid groups (broad SMARTS) is 1. The summed E-state index contributed by atoms with van der Waals surface area (Å²) in [5.74, 6) is -3.47. The van der Waals surface area contributed by atoms with Gasteiger partial charge in [-0.05, 0) is 6.08 Å². The van der Waals surface area contributed by atoms with Gasteiger partial charge in [0.15, 0.2) is 6.10 Å². The number of aldehydes is 1. The average Bonchev–Trinajstić information content (AvgIpc) is 2.64. The van der Waals surface area contributed by atoms with Crippen LogP contribution >= 0.6 is 0 Å². The zero-order chi connectivity index (χ0) is 23.2. The van der Waals surface area contributed by atoms with Gasteiger partial charge in [0.2, 0.25) is 18.0 Å². The number of rotatable bonds is 11. The Balaban J connectivity index is 3.34. The molecule has 7 N–H and O–H groups in total. The van der Waals surface area contributed by atoms with Gasteiger partial charge in [-0.15, -0.1) is 0 Å². The van der Waals surface area contributed by atoms with Crippen molar-refractivity contribution in [2.45, 2.75) is 49.8 Å². The summed E-state index contributed by atoms with van der Waals surface area (Å²) in [4.78, 5) is 33.8. The van der Waals surface area contributed by atoms with Crippen molar-refractivity contribution in [3.05, 3.63) is 11.8 Å². The molecule has 16 heteroatoms. The number of carbonyl (C=O) groups is 3. The van der Waals surface area contributed by atoms with Crippen LogP contribution < -0.4 is 5.32 Å². The number of amides is 1. The SMILES string of the molecule is CC(=O)N[C@H](C=O)[C@H](O[C@@H]1OC(C(=O)O)=C[C@H](O)[C@@H]1OS(=O)(=O)O)[C@H](O)[C@@H](O)CO. The van der Waals surface area contributed by atoms with Crippen LogP contribution in [0.1, 0.15) is 6.92 Å². The Morgan fingerprint density at radius 2 is 1.97 bits per heavy atom. The van der Waals surface area contributed by atoms with Crippen molar-refractivity contribution in [1.29, 1.82) is 0 Å². The Bertz CT molecular complexity index is 767. The molecule has 0 aromatic rings. The Kier molecular flexibility index (Phi) is 9.25. The molecule has 1 aliphatic heterocycles. The molecule has 7 atom stereocenters. The maximum atomic E-state index is 11.4. The second-order valence-corrected chi connectivity index (χ2v) is 7.05. The zero-order valence-corrected chi connectivity index (χ0v) is 16.1. The topological polar surface area (TPSA) is 246 Å². The summed E-state index contributed by atoms with van der Waals surface area (Å²) in [5.41, 5.74) is 0. The van der Waals surface area contributed by atoms with E-state index in [1.165, 1.54) is 0 Å². The van der Waals surface area contributed by atoms with E-state index >= 15 is 0 Å². The molecule has 1 rings (SSSR count). The highest BCUT2D eigenvalue weighted by atomic mass is 32.3. The number of ether oxygens (including phenoxy) is 2. The molecule has 0 aromatic carbocycles. The van der Waals surface area contributed by atoms with Gasteiger partial charge < -0.3 is 45.1 Å². The van der Waals surface area contributed by atoms with Crippen LogP contribution in [0.25, 0.3) is 0 Å². The molecule has 0 saturated heterocycles. The number of aliphatic carboxylic acids is 1. The number of aliphatic hydroxyl groups is 4. The van der Waals surface area contributed by atoms with Crippen LogP contribution in [0, 0.1) is 0 Å². The molecular weight excluding hydrogens is 438 g/mol. The van der Waals surface area contributed by atoms with E-state index in [2.05, 4.69) is 4.18 Å². The van der Waals surface area contributed by atoms with Crippen LogP contribution in [0.5, 0.6) is 0 Å². The fraction of sp³-hybridized carbons (Fsp3) is 0.643. The van der Waals surface area contributed by atoms with E-state index in [0.29, 0.717) is 6.08 Å². The average molecular weight is 459 g/mol. The summed E-state index contributed by atoms with van der Waals surface area (Å²) in [6.45, 7) is -0.0507. The number of hydrogen-bond acceptors (Lipinski definition) is 12. The van der Waals surface area contributed by atoms with Crippen molar-refractivity contribution >= 4 is 28.6 Å². The first-order chi connectivity index (χ1) is 13.8. The molecule has 1 amide bonds. The normalized spacial score (nSPS) is 25.8. The molecule has 0 unspecified atom stereocenters. The van der Waals surface area contributed by atoms with Crippen molar-refractivity contribution < 1.29 is 66.5 Å². The van der Waals surface area contributed by atoms with Crippen molar-refractivity contribution in [3.8, 4) is 0 Å². The second kappa shape index (κ2) is 10.7. The third kappa shape index (κ3) is 7.26. The molecule has 0 radical (unpaired) electrons. The van der Waals surface area contributed by atoms with E-state index in [0.717, 1.165) is 6.92 Å². The predicted octanol–water partition coefficient (Wildman–Crippen LogP) is -4.34. The second-order valence-electron chi connectivity index (χ2n) is 6.01. The lowest BCUT2D eigenvalue weighted by atomic mass is 10.0. The van der Waals surface area contributed by atoms with Gasteiger partial charge in [0.1, 0.15) is 36.7 Å². The molecule has 0 saturated carbocycles. The van der Waals surface area contributed by atoms with Gasteiger partial charge in [0.25, 0.3) is 0 Å². The standard InChI is InChI=1S/C14H21NO14S/c1-5(18)15-6(3-16)11(10(21)8(20)4-17)28-14-12(29-30(24,25)26)7(19)2-9(27-14)13(22)23/h2-3,6-8,10-12,14,17,19-21H,4H2,1H3,(H,15,18)(H,22,23)(H,24,25,26)/t6-,7+,8+,10-,11+,12+,14+/m1/s1. The molecule has 30 heavy (non-hydrogen) atoms. The Morgan fingerprint density at radius 1 is 1.37 bits per heavy atom. The third-order valence-corrected chi connectivity index (χ3v) is 4.16. The molecule has 0 fully saturated rings. The fourth-order valence-corrected chi connectivity index (χ4v) is 2.89. The van der Waals surface area contributed by atoms with Crippen LogP contribution in [0.4, 0.5) is 0 Å². The van der Waals surface area contributed by atoms with E-state index < -0.39 is 77.5 Å². The largest absolute Gasteiger partial charge is 0.475 e. The first-order valence-electron chi connectivity index (χ1n) is 8.11. The van der Waals surface area contributed by atoms with Gasteiger partial charge in [-0.1, -0.05) is 0 Å². The minimum Gasteiger partial charge on any atom is -0.475 e. The van der Waals surface area contributed by atoms with Crippen molar-refractivity contribution in [1.82, 2.24) is 5.32 Å². The highest BCUT2D eigenvalue weighted by molar-refractivity contribution is 7.80. The fourth-order valence-electron chi connectivity index (χ4n) is 2.40. The van der Waals surface area contributed by atoms with Crippen LogP contribution in [0.15, 0.2) is 11.8 Å². The van der Waals surface area contributed by atoms with Crippen LogP contribution in [0.3, 0.4) is 0 Å². The number of nitrogens with one attached hydrogen (secondary N) is 1. The summed E-state index contributed by atoms with van der Waals surface area (Å²) in [6.07, 6.45) is -11.8. The Morgan fingerprint density at radius 3 is 2.40 bits per heavy atom. The van der Waals surface area contributed by atoms with E-state index in [9.17, 15) is 38.1 Å². The molecule has 15 nitrogen and oxygen atoms in total.